The van der Waals surface area contributed by atoms with E-state index in [1.54, 1.807) is 0 Å². The summed E-state index contributed by atoms with van der Waals surface area (Å²) >= 11 is 0. The first kappa shape index (κ1) is 16.1. The van der Waals surface area contributed by atoms with E-state index in [2.05, 4.69) is 34.9 Å². The third-order valence-corrected chi connectivity index (χ3v) is 4.22. The van der Waals surface area contributed by atoms with Crippen LogP contribution in [-0.2, 0) is 9.59 Å². The average Bonchev–Trinajstić information content (AvgIpc) is 2.53. The van der Waals surface area contributed by atoms with Gasteiger partial charge in [0, 0.05) is 50.4 Å². The quantitative estimate of drug-likeness (QED) is 0.912. The maximum Gasteiger partial charge on any atom is 0.225 e. The van der Waals surface area contributed by atoms with E-state index in [1.807, 2.05) is 37.2 Å². The van der Waals surface area contributed by atoms with Gasteiger partial charge in [-0.3, -0.25) is 9.59 Å². The summed E-state index contributed by atoms with van der Waals surface area (Å²) in [6.07, 6.45) is 0.424. The molecule has 0 aliphatic carbocycles. The van der Waals surface area contributed by atoms with Crippen molar-refractivity contribution in [3.05, 3.63) is 53.6 Å². The third kappa shape index (κ3) is 3.25. The van der Waals surface area contributed by atoms with Crippen molar-refractivity contribution in [2.24, 2.45) is 0 Å². The summed E-state index contributed by atoms with van der Waals surface area (Å²) in [6, 6.07) is 13.9. The Labute approximate surface area is 141 Å². The van der Waals surface area contributed by atoms with Gasteiger partial charge in [-0.1, -0.05) is 18.2 Å². The van der Waals surface area contributed by atoms with Crippen molar-refractivity contribution in [1.82, 2.24) is 0 Å². The van der Waals surface area contributed by atoms with Gasteiger partial charge in [0.1, 0.15) is 0 Å². The summed E-state index contributed by atoms with van der Waals surface area (Å²) in [5.74, 6) is -0.117. The molecular weight excluding hydrogens is 302 g/mol. The van der Waals surface area contributed by atoms with E-state index in [0.717, 1.165) is 22.5 Å². The zero-order chi connectivity index (χ0) is 17.3. The van der Waals surface area contributed by atoms with Gasteiger partial charge in [0.2, 0.25) is 11.8 Å². The zero-order valence-corrected chi connectivity index (χ0v) is 14.1. The molecule has 1 atom stereocenters. The normalized spacial score (nSPS) is 16.1. The smallest absolute Gasteiger partial charge is 0.225 e. The highest BCUT2D eigenvalue weighted by molar-refractivity contribution is 5.97. The molecule has 0 saturated heterocycles. The van der Waals surface area contributed by atoms with E-state index in [0.29, 0.717) is 12.1 Å². The van der Waals surface area contributed by atoms with Crippen LogP contribution in [0.1, 0.15) is 30.4 Å². The Balaban J connectivity index is 1.96. The molecule has 1 aliphatic heterocycles. The molecule has 2 aromatic rings. The van der Waals surface area contributed by atoms with Crippen molar-refractivity contribution < 1.29 is 9.59 Å². The number of carbonyl (C=O) groups is 2. The first-order chi connectivity index (χ1) is 11.4. The molecule has 5 nitrogen and oxygen atoms in total. The van der Waals surface area contributed by atoms with Crippen LogP contribution in [0.5, 0.6) is 0 Å². The van der Waals surface area contributed by atoms with Crippen LogP contribution in [0.15, 0.2) is 42.5 Å². The van der Waals surface area contributed by atoms with Gasteiger partial charge in [-0.05, 0) is 35.4 Å². The van der Waals surface area contributed by atoms with Crippen LogP contribution < -0.4 is 15.5 Å². The minimum absolute atomic E-state index is 0.0100. The Hall–Kier alpha value is -2.82. The van der Waals surface area contributed by atoms with Gasteiger partial charge in [0.15, 0.2) is 0 Å². The molecule has 24 heavy (non-hydrogen) atoms. The predicted molar refractivity (Wildman–Crippen MR) is 96.6 cm³/mol. The minimum atomic E-state index is -0.132. The number of benzene rings is 2. The fourth-order valence-electron chi connectivity index (χ4n) is 3.05. The number of rotatable bonds is 3. The van der Waals surface area contributed by atoms with Crippen LogP contribution in [-0.4, -0.2) is 25.9 Å². The largest absolute Gasteiger partial charge is 0.378 e. The van der Waals surface area contributed by atoms with Crippen molar-refractivity contribution in [2.75, 3.05) is 29.6 Å². The molecular formula is C19H21N3O2. The van der Waals surface area contributed by atoms with E-state index >= 15 is 0 Å². The summed E-state index contributed by atoms with van der Waals surface area (Å²) in [4.78, 5) is 25.4. The average molecular weight is 323 g/mol. The summed E-state index contributed by atoms with van der Waals surface area (Å²) in [5, 5.41) is 5.65. The van der Waals surface area contributed by atoms with Gasteiger partial charge < -0.3 is 15.5 Å². The number of nitrogens with zero attached hydrogens (tertiary/aromatic N) is 1. The van der Waals surface area contributed by atoms with Crippen LogP contribution in [0.4, 0.5) is 17.1 Å². The Bertz CT molecular complexity index is 782. The Kier molecular flexibility index (Phi) is 4.25. The SMILES string of the molecule is CC(=O)Nc1ccc2c(c1)NC(=O)CC2c1ccc(N(C)C)cc1. The number of amides is 2. The van der Waals surface area contributed by atoms with E-state index in [4.69, 9.17) is 0 Å². The van der Waals surface area contributed by atoms with Gasteiger partial charge in [-0.25, -0.2) is 0 Å². The van der Waals surface area contributed by atoms with E-state index in [9.17, 15) is 9.59 Å². The van der Waals surface area contributed by atoms with Crippen LogP contribution >= 0.6 is 0 Å². The lowest BCUT2D eigenvalue weighted by molar-refractivity contribution is -0.116. The first-order valence-electron chi connectivity index (χ1n) is 7.92. The number of hydrogen-bond donors (Lipinski definition) is 2. The molecule has 0 spiro atoms. The van der Waals surface area contributed by atoms with Crippen molar-refractivity contribution in [1.29, 1.82) is 0 Å². The summed E-state index contributed by atoms with van der Waals surface area (Å²) < 4.78 is 0. The van der Waals surface area contributed by atoms with E-state index < -0.39 is 0 Å². The van der Waals surface area contributed by atoms with E-state index in [-0.39, 0.29) is 17.7 Å². The summed E-state index contributed by atoms with van der Waals surface area (Å²) in [7, 11) is 4.00. The van der Waals surface area contributed by atoms with Gasteiger partial charge in [-0.2, -0.15) is 0 Å². The number of hydrogen-bond acceptors (Lipinski definition) is 3. The summed E-state index contributed by atoms with van der Waals surface area (Å²) in [6.45, 7) is 1.47. The molecule has 5 heteroatoms. The minimum Gasteiger partial charge on any atom is -0.378 e. The highest BCUT2D eigenvalue weighted by Gasteiger charge is 2.26. The molecule has 0 fully saturated rings. The van der Waals surface area contributed by atoms with Crippen molar-refractivity contribution >= 4 is 28.9 Å². The van der Waals surface area contributed by atoms with Crippen molar-refractivity contribution in [2.45, 2.75) is 19.3 Å². The Morgan fingerprint density at radius 3 is 2.50 bits per heavy atom. The number of nitrogens with one attached hydrogen (secondary N) is 2. The topological polar surface area (TPSA) is 61.4 Å². The molecule has 2 aromatic carbocycles. The Morgan fingerprint density at radius 1 is 1.17 bits per heavy atom. The standard InChI is InChI=1S/C19H21N3O2/c1-12(23)20-14-6-9-16-17(11-19(24)21-18(16)10-14)13-4-7-15(8-5-13)22(2)3/h4-10,17H,11H2,1-3H3,(H,20,23)(H,21,24). The van der Waals surface area contributed by atoms with Gasteiger partial charge in [-0.15, -0.1) is 0 Å². The fourth-order valence-corrected chi connectivity index (χ4v) is 3.05. The highest BCUT2D eigenvalue weighted by atomic mass is 16.2. The molecule has 0 bridgehead atoms. The molecule has 124 valence electrons. The molecule has 0 saturated carbocycles. The first-order valence-corrected chi connectivity index (χ1v) is 7.92. The summed E-state index contributed by atoms with van der Waals surface area (Å²) in [5.41, 5.74) is 4.76. The van der Waals surface area contributed by atoms with Crippen LogP contribution in [0.2, 0.25) is 0 Å². The second kappa shape index (κ2) is 6.35. The molecule has 0 radical (unpaired) electrons. The number of anilines is 3. The second-order valence-electron chi connectivity index (χ2n) is 6.27. The molecule has 2 amide bonds. The van der Waals surface area contributed by atoms with Crippen molar-refractivity contribution in [3.8, 4) is 0 Å². The van der Waals surface area contributed by atoms with Gasteiger partial charge >= 0.3 is 0 Å². The van der Waals surface area contributed by atoms with Gasteiger partial charge in [0.05, 0.1) is 0 Å². The lowest BCUT2D eigenvalue weighted by Gasteiger charge is -2.27. The zero-order valence-electron chi connectivity index (χ0n) is 14.1. The van der Waals surface area contributed by atoms with Crippen LogP contribution in [0, 0.1) is 0 Å². The highest BCUT2D eigenvalue weighted by Crippen LogP contribution is 2.38. The number of fused-ring (bicyclic) bond motifs is 1. The Morgan fingerprint density at radius 2 is 1.88 bits per heavy atom. The third-order valence-electron chi connectivity index (χ3n) is 4.22. The van der Waals surface area contributed by atoms with E-state index in [1.165, 1.54) is 6.92 Å². The molecule has 1 heterocycles. The second-order valence-corrected chi connectivity index (χ2v) is 6.27. The predicted octanol–water partition coefficient (Wildman–Crippen LogP) is 3.19. The lowest BCUT2D eigenvalue weighted by atomic mass is 9.84. The molecule has 0 aromatic heterocycles. The molecule has 3 rings (SSSR count). The molecule has 1 aliphatic rings. The monoisotopic (exact) mass is 323 g/mol. The molecule has 2 N–H and O–H groups in total. The maximum atomic E-state index is 12.1. The maximum absolute atomic E-state index is 12.1. The van der Waals surface area contributed by atoms with Crippen molar-refractivity contribution in [3.63, 3.8) is 0 Å². The fraction of sp³-hybridized carbons (Fsp3) is 0.263. The number of carbonyl (C=O) groups excluding carboxylic acids is 2. The van der Waals surface area contributed by atoms with Gasteiger partial charge in [0.25, 0.3) is 0 Å². The lowest BCUT2D eigenvalue weighted by Crippen LogP contribution is -2.23. The van der Waals surface area contributed by atoms with Crippen LogP contribution in [0.25, 0.3) is 0 Å². The molecule has 1 unspecified atom stereocenters. The van der Waals surface area contributed by atoms with Crippen LogP contribution in [0.3, 0.4) is 0 Å².